The van der Waals surface area contributed by atoms with E-state index in [9.17, 15) is 0 Å². The minimum atomic E-state index is 0.829. The average molecular weight is 554 g/mol. The molecule has 0 amide bonds. The zero-order valence-electron chi connectivity index (χ0n) is 23.3. The van der Waals surface area contributed by atoms with Crippen molar-refractivity contribution in [2.45, 2.75) is 0 Å². The summed E-state index contributed by atoms with van der Waals surface area (Å²) in [6.07, 6.45) is 3.73. The Hall–Kier alpha value is -5.87. The number of pyridine rings is 1. The van der Waals surface area contributed by atoms with Gasteiger partial charge in [-0.05, 0) is 78.2 Å². The Morgan fingerprint density at radius 1 is 0.419 bits per heavy atom. The van der Waals surface area contributed by atoms with Gasteiger partial charge in [-0.2, -0.15) is 0 Å². The molecule has 8 rings (SSSR count). The van der Waals surface area contributed by atoms with E-state index in [1.807, 2.05) is 18.5 Å². The normalized spacial score (nSPS) is 11.3. The molecule has 204 valence electrons. The number of furan rings is 1. The van der Waals surface area contributed by atoms with Gasteiger partial charge in [0.1, 0.15) is 11.2 Å². The van der Waals surface area contributed by atoms with Crippen molar-refractivity contribution in [1.29, 1.82) is 0 Å². The van der Waals surface area contributed by atoms with Crippen LogP contribution >= 0.6 is 0 Å². The van der Waals surface area contributed by atoms with Crippen LogP contribution in [-0.4, -0.2) is 4.98 Å². The Morgan fingerprint density at radius 2 is 0.860 bits per heavy atom. The zero-order valence-corrected chi connectivity index (χ0v) is 23.3. The van der Waals surface area contributed by atoms with Crippen molar-refractivity contribution in [3.8, 4) is 0 Å². The molecule has 6 aromatic carbocycles. The first kappa shape index (κ1) is 24.9. The van der Waals surface area contributed by atoms with E-state index in [0.717, 1.165) is 66.8 Å². The maximum Gasteiger partial charge on any atom is 0.137 e. The molecule has 0 aliphatic heterocycles. The summed E-state index contributed by atoms with van der Waals surface area (Å²) in [6.45, 7) is 0. The van der Waals surface area contributed by atoms with Crippen LogP contribution in [0.4, 0.5) is 34.1 Å². The molecule has 4 heteroatoms. The number of para-hydroxylation sites is 4. The highest BCUT2D eigenvalue weighted by atomic mass is 16.3. The molecule has 0 radical (unpaired) electrons. The molecule has 0 atom stereocenters. The maximum absolute atomic E-state index is 6.60. The van der Waals surface area contributed by atoms with E-state index in [2.05, 4.69) is 160 Å². The van der Waals surface area contributed by atoms with Gasteiger partial charge < -0.3 is 14.2 Å². The Morgan fingerprint density at radius 3 is 1.37 bits per heavy atom. The molecular formula is C39H27N3O. The molecule has 4 nitrogen and oxygen atoms in total. The van der Waals surface area contributed by atoms with Crippen molar-refractivity contribution in [1.82, 2.24) is 4.98 Å². The van der Waals surface area contributed by atoms with Crippen molar-refractivity contribution in [2.24, 2.45) is 0 Å². The molecule has 0 N–H and O–H groups in total. The van der Waals surface area contributed by atoms with Gasteiger partial charge in [-0.25, -0.2) is 0 Å². The van der Waals surface area contributed by atoms with Crippen LogP contribution in [-0.2, 0) is 0 Å². The number of hydrogen-bond donors (Lipinski definition) is 0. The Labute approximate surface area is 249 Å². The molecule has 43 heavy (non-hydrogen) atoms. The SMILES string of the molecule is c1ccc(N(c2ccccc2)c2cc3oc4cc5ccncc5cc4c3cc2N(c2ccccc2)c2ccccc2)cc1. The first-order valence-corrected chi connectivity index (χ1v) is 14.4. The summed E-state index contributed by atoms with van der Waals surface area (Å²) in [5.41, 5.74) is 7.97. The van der Waals surface area contributed by atoms with Gasteiger partial charge in [-0.3, -0.25) is 4.98 Å². The molecule has 0 saturated carbocycles. The molecule has 0 aliphatic carbocycles. The lowest BCUT2D eigenvalue weighted by atomic mass is 10.0. The fraction of sp³-hybridized carbons (Fsp3) is 0. The summed E-state index contributed by atoms with van der Waals surface area (Å²) >= 11 is 0. The number of hydrogen-bond acceptors (Lipinski definition) is 4. The first-order valence-electron chi connectivity index (χ1n) is 14.4. The summed E-state index contributed by atoms with van der Waals surface area (Å²) in [5.74, 6) is 0. The minimum Gasteiger partial charge on any atom is -0.456 e. The smallest absolute Gasteiger partial charge is 0.137 e. The summed E-state index contributed by atoms with van der Waals surface area (Å²) in [5, 5.41) is 4.31. The molecule has 8 aromatic rings. The van der Waals surface area contributed by atoms with Crippen molar-refractivity contribution in [2.75, 3.05) is 9.80 Å². The monoisotopic (exact) mass is 553 g/mol. The van der Waals surface area contributed by atoms with E-state index >= 15 is 0 Å². The minimum absolute atomic E-state index is 0.829. The highest BCUT2D eigenvalue weighted by Gasteiger charge is 2.24. The van der Waals surface area contributed by atoms with Gasteiger partial charge in [0.2, 0.25) is 0 Å². The van der Waals surface area contributed by atoms with Crippen molar-refractivity contribution in [3.63, 3.8) is 0 Å². The predicted molar refractivity (Wildman–Crippen MR) is 178 cm³/mol. The number of rotatable bonds is 6. The van der Waals surface area contributed by atoms with E-state index in [4.69, 9.17) is 4.42 Å². The molecule has 2 aromatic heterocycles. The second kappa shape index (κ2) is 10.5. The molecule has 0 fully saturated rings. The van der Waals surface area contributed by atoms with Crippen LogP contribution in [0.2, 0.25) is 0 Å². The van der Waals surface area contributed by atoms with Crippen LogP contribution in [0.15, 0.2) is 168 Å². The third-order valence-corrected chi connectivity index (χ3v) is 7.87. The van der Waals surface area contributed by atoms with Crippen molar-refractivity contribution in [3.05, 3.63) is 164 Å². The summed E-state index contributed by atoms with van der Waals surface area (Å²) in [6, 6.07) is 52.9. The molecule has 0 unspecified atom stereocenters. The first-order chi connectivity index (χ1) is 21.3. The van der Waals surface area contributed by atoms with Gasteiger partial charge in [-0.1, -0.05) is 72.8 Å². The quantitative estimate of drug-likeness (QED) is 0.205. The van der Waals surface area contributed by atoms with Crippen LogP contribution < -0.4 is 9.80 Å². The second-order valence-corrected chi connectivity index (χ2v) is 10.5. The number of fused-ring (bicyclic) bond motifs is 4. The van der Waals surface area contributed by atoms with Gasteiger partial charge in [-0.15, -0.1) is 0 Å². The number of benzene rings is 6. The zero-order chi connectivity index (χ0) is 28.6. The van der Waals surface area contributed by atoms with Gasteiger partial charge in [0.15, 0.2) is 0 Å². The van der Waals surface area contributed by atoms with Crippen LogP contribution in [0.25, 0.3) is 32.7 Å². The number of anilines is 6. The van der Waals surface area contributed by atoms with Gasteiger partial charge in [0, 0.05) is 57.4 Å². The lowest BCUT2D eigenvalue weighted by molar-refractivity contribution is 0.669. The standard InChI is InChI=1S/C39H27N3O/c1-5-13-30(14-6-1)41(31-15-7-2-8-16-31)36-25-35-34-23-29-27-40-22-21-28(29)24-38(34)43-39(35)26-37(36)42(32-17-9-3-10-18-32)33-19-11-4-12-20-33/h1-27H. The predicted octanol–water partition coefficient (Wildman–Crippen LogP) is 11.1. The van der Waals surface area contributed by atoms with Crippen molar-refractivity contribution < 1.29 is 4.42 Å². The van der Waals surface area contributed by atoms with Crippen LogP contribution in [0.5, 0.6) is 0 Å². The summed E-state index contributed by atoms with van der Waals surface area (Å²) in [7, 11) is 0. The molecule has 0 aliphatic rings. The molecule has 0 bridgehead atoms. The summed E-state index contributed by atoms with van der Waals surface area (Å²) < 4.78 is 6.60. The molecule has 2 heterocycles. The number of aromatic nitrogens is 1. The van der Waals surface area contributed by atoms with Crippen LogP contribution in [0, 0.1) is 0 Å². The topological polar surface area (TPSA) is 32.5 Å². The van der Waals surface area contributed by atoms with E-state index in [0.29, 0.717) is 0 Å². The molecular weight excluding hydrogens is 526 g/mol. The highest BCUT2D eigenvalue weighted by Crippen LogP contribution is 2.48. The fourth-order valence-electron chi connectivity index (χ4n) is 5.90. The fourth-order valence-corrected chi connectivity index (χ4v) is 5.90. The van der Waals surface area contributed by atoms with E-state index in [-0.39, 0.29) is 0 Å². The largest absolute Gasteiger partial charge is 0.456 e. The second-order valence-electron chi connectivity index (χ2n) is 10.5. The third kappa shape index (κ3) is 4.46. The Balaban J connectivity index is 1.49. The van der Waals surface area contributed by atoms with Gasteiger partial charge >= 0.3 is 0 Å². The van der Waals surface area contributed by atoms with E-state index in [1.165, 1.54) is 0 Å². The van der Waals surface area contributed by atoms with Crippen LogP contribution in [0.1, 0.15) is 0 Å². The van der Waals surface area contributed by atoms with Crippen LogP contribution in [0.3, 0.4) is 0 Å². The third-order valence-electron chi connectivity index (χ3n) is 7.87. The molecule has 0 spiro atoms. The summed E-state index contributed by atoms with van der Waals surface area (Å²) in [4.78, 5) is 9.00. The van der Waals surface area contributed by atoms with Crippen molar-refractivity contribution >= 4 is 66.8 Å². The van der Waals surface area contributed by atoms with Gasteiger partial charge in [0.25, 0.3) is 0 Å². The lowest BCUT2D eigenvalue weighted by Crippen LogP contribution is -2.17. The lowest BCUT2D eigenvalue weighted by Gasteiger charge is -2.33. The van der Waals surface area contributed by atoms with E-state index < -0.39 is 0 Å². The maximum atomic E-state index is 6.60. The molecule has 0 saturated heterocycles. The number of nitrogens with zero attached hydrogens (tertiary/aromatic N) is 3. The highest BCUT2D eigenvalue weighted by molar-refractivity contribution is 6.13. The van der Waals surface area contributed by atoms with E-state index in [1.54, 1.807) is 0 Å². The van der Waals surface area contributed by atoms with Gasteiger partial charge in [0.05, 0.1) is 11.4 Å². The average Bonchev–Trinajstić information content (AvgIpc) is 3.42. The Bertz CT molecular complexity index is 2100. The Kier molecular flexibility index (Phi) is 6.08.